The minimum Gasteiger partial charge on any atom is -0.497 e. The number of methoxy groups -OCH3 is 1. The summed E-state index contributed by atoms with van der Waals surface area (Å²) in [6.07, 6.45) is 7.58. The Kier molecular flexibility index (Phi) is 5.56. The molecule has 5 nitrogen and oxygen atoms in total. The molecule has 0 spiro atoms. The molecule has 0 fully saturated rings. The number of fused-ring (bicyclic) bond motifs is 1. The second-order valence-corrected chi connectivity index (χ2v) is 6.83. The molecule has 1 aliphatic heterocycles. The Labute approximate surface area is 170 Å². The molecule has 3 aromatic rings. The van der Waals surface area contributed by atoms with Crippen molar-refractivity contribution in [3.05, 3.63) is 84.2 Å². The van der Waals surface area contributed by atoms with Crippen molar-refractivity contribution in [2.45, 2.75) is 12.5 Å². The summed E-state index contributed by atoms with van der Waals surface area (Å²) in [5.41, 5.74) is 4.14. The van der Waals surface area contributed by atoms with Gasteiger partial charge in [0.1, 0.15) is 17.6 Å². The van der Waals surface area contributed by atoms with Crippen LogP contribution in [0.5, 0.6) is 11.5 Å². The van der Waals surface area contributed by atoms with E-state index in [4.69, 9.17) is 9.47 Å². The topological polar surface area (TPSA) is 60.5 Å². The largest absolute Gasteiger partial charge is 0.497 e. The fraction of sp³-hybridized carbons (Fsp3) is 0.167. The normalized spacial score (nSPS) is 15.0. The van der Waals surface area contributed by atoms with Crippen molar-refractivity contribution in [2.75, 3.05) is 13.7 Å². The summed E-state index contributed by atoms with van der Waals surface area (Å²) in [6, 6.07) is 17.6. The minimum atomic E-state index is -0.146. The number of rotatable bonds is 6. The molecular weight excluding hydrogens is 364 g/mol. The van der Waals surface area contributed by atoms with E-state index in [1.54, 1.807) is 19.4 Å². The third-order valence-electron chi connectivity index (χ3n) is 4.85. The fourth-order valence-electron chi connectivity index (χ4n) is 3.36. The first-order valence-electron chi connectivity index (χ1n) is 9.52. The number of ether oxygens (including phenoxy) is 2. The maximum absolute atomic E-state index is 12.2. The average molecular weight is 386 g/mol. The summed E-state index contributed by atoms with van der Waals surface area (Å²) in [6.45, 7) is 0.451. The number of carbonyl (C=O) groups excluding carboxylic acids is 1. The Morgan fingerprint density at radius 3 is 2.83 bits per heavy atom. The number of para-hydroxylation sites is 1. The number of nitrogens with zero attached hydrogens (tertiary/aromatic N) is 1. The molecule has 0 aliphatic carbocycles. The lowest BCUT2D eigenvalue weighted by molar-refractivity contribution is -0.116. The second kappa shape index (κ2) is 8.61. The van der Waals surface area contributed by atoms with Crippen molar-refractivity contribution in [1.29, 1.82) is 0 Å². The predicted octanol–water partition coefficient (Wildman–Crippen LogP) is 3.89. The Morgan fingerprint density at radius 2 is 2.07 bits per heavy atom. The molecule has 0 unspecified atom stereocenters. The van der Waals surface area contributed by atoms with E-state index in [0.717, 1.165) is 40.2 Å². The average Bonchev–Trinajstić information content (AvgIpc) is 3.20. The Morgan fingerprint density at radius 1 is 1.21 bits per heavy atom. The van der Waals surface area contributed by atoms with Gasteiger partial charge in [0.25, 0.3) is 0 Å². The van der Waals surface area contributed by atoms with Gasteiger partial charge < -0.3 is 14.8 Å². The van der Waals surface area contributed by atoms with Crippen LogP contribution in [0.25, 0.3) is 17.2 Å². The van der Waals surface area contributed by atoms with Crippen LogP contribution >= 0.6 is 0 Å². The number of benzene rings is 2. The van der Waals surface area contributed by atoms with Gasteiger partial charge in [-0.05, 0) is 35.4 Å². The van der Waals surface area contributed by atoms with Crippen molar-refractivity contribution in [2.24, 2.45) is 0 Å². The SMILES string of the molecule is COc1ccc(/C=C/C(=O)NC[C@@H]2Cc3cccc(-c4cccnc4)c3O2)cc1. The van der Waals surface area contributed by atoms with Crippen LogP contribution < -0.4 is 14.8 Å². The van der Waals surface area contributed by atoms with Gasteiger partial charge in [-0.15, -0.1) is 0 Å². The van der Waals surface area contributed by atoms with Crippen molar-refractivity contribution in [1.82, 2.24) is 10.3 Å². The molecule has 5 heteroatoms. The highest BCUT2D eigenvalue weighted by Crippen LogP contribution is 2.38. The summed E-state index contributed by atoms with van der Waals surface area (Å²) >= 11 is 0. The summed E-state index contributed by atoms with van der Waals surface area (Å²) in [7, 11) is 1.63. The maximum Gasteiger partial charge on any atom is 0.244 e. The number of carbonyl (C=O) groups is 1. The number of pyridine rings is 1. The first-order chi connectivity index (χ1) is 14.2. The molecule has 146 valence electrons. The molecule has 2 heterocycles. The number of amides is 1. The van der Waals surface area contributed by atoms with Gasteiger partial charge in [0.2, 0.25) is 5.91 Å². The Hall–Kier alpha value is -3.60. The van der Waals surface area contributed by atoms with Gasteiger partial charge in [0, 0.05) is 36.0 Å². The molecule has 1 aromatic heterocycles. The molecule has 4 rings (SSSR count). The quantitative estimate of drug-likeness (QED) is 0.653. The van der Waals surface area contributed by atoms with Crippen molar-refractivity contribution >= 4 is 12.0 Å². The zero-order chi connectivity index (χ0) is 20.1. The van der Waals surface area contributed by atoms with E-state index in [0.29, 0.717) is 6.54 Å². The van der Waals surface area contributed by atoms with E-state index < -0.39 is 0 Å². The highest BCUT2D eigenvalue weighted by molar-refractivity contribution is 5.91. The van der Waals surface area contributed by atoms with Gasteiger partial charge in [0.05, 0.1) is 13.7 Å². The molecule has 0 saturated carbocycles. The third kappa shape index (κ3) is 4.46. The lowest BCUT2D eigenvalue weighted by Crippen LogP contribution is -2.33. The first-order valence-corrected chi connectivity index (χ1v) is 9.52. The number of aromatic nitrogens is 1. The van der Waals surface area contributed by atoms with Gasteiger partial charge in [-0.25, -0.2) is 0 Å². The van der Waals surface area contributed by atoms with Crippen LogP contribution in [-0.4, -0.2) is 30.6 Å². The molecule has 0 saturated heterocycles. The van der Waals surface area contributed by atoms with Crippen LogP contribution in [0.1, 0.15) is 11.1 Å². The van der Waals surface area contributed by atoms with E-state index >= 15 is 0 Å². The molecular formula is C24H22N2O3. The molecule has 1 N–H and O–H groups in total. The van der Waals surface area contributed by atoms with Gasteiger partial charge in [0.15, 0.2) is 0 Å². The van der Waals surface area contributed by atoms with Crippen LogP contribution in [0.4, 0.5) is 0 Å². The third-order valence-corrected chi connectivity index (χ3v) is 4.85. The van der Waals surface area contributed by atoms with Crippen LogP contribution in [0.3, 0.4) is 0 Å². The standard InChI is InChI=1S/C24H22N2O3/c1-28-20-10-7-17(8-11-20)9-12-23(27)26-16-21-14-18-4-2-6-22(24(18)29-21)19-5-3-13-25-15-19/h2-13,15,21H,14,16H2,1H3,(H,26,27)/b12-9+/t21-/m0/s1. The van der Waals surface area contributed by atoms with E-state index in [9.17, 15) is 4.79 Å². The Balaban J connectivity index is 1.35. The van der Waals surface area contributed by atoms with Crippen molar-refractivity contribution < 1.29 is 14.3 Å². The molecule has 29 heavy (non-hydrogen) atoms. The summed E-state index contributed by atoms with van der Waals surface area (Å²) < 4.78 is 11.3. The molecule has 1 aliphatic rings. The lowest BCUT2D eigenvalue weighted by atomic mass is 10.0. The van der Waals surface area contributed by atoms with E-state index in [1.807, 2.05) is 54.7 Å². The lowest BCUT2D eigenvalue weighted by Gasteiger charge is -2.13. The smallest absolute Gasteiger partial charge is 0.244 e. The molecule has 1 atom stereocenters. The Bertz CT molecular complexity index is 1010. The highest BCUT2D eigenvalue weighted by Gasteiger charge is 2.25. The first kappa shape index (κ1) is 18.7. The predicted molar refractivity (Wildman–Crippen MR) is 113 cm³/mol. The maximum atomic E-state index is 12.2. The minimum absolute atomic E-state index is 0.0823. The van der Waals surface area contributed by atoms with Gasteiger partial charge in [-0.1, -0.05) is 36.4 Å². The summed E-state index contributed by atoms with van der Waals surface area (Å²) in [5, 5.41) is 2.92. The second-order valence-electron chi connectivity index (χ2n) is 6.83. The van der Waals surface area contributed by atoms with Gasteiger partial charge >= 0.3 is 0 Å². The number of nitrogens with one attached hydrogen (secondary N) is 1. The molecule has 2 aromatic carbocycles. The van der Waals surface area contributed by atoms with Crippen molar-refractivity contribution in [3.8, 4) is 22.6 Å². The highest BCUT2D eigenvalue weighted by atomic mass is 16.5. The van der Waals surface area contributed by atoms with Crippen LogP contribution in [0.2, 0.25) is 0 Å². The van der Waals surface area contributed by atoms with Crippen molar-refractivity contribution in [3.63, 3.8) is 0 Å². The summed E-state index contributed by atoms with van der Waals surface area (Å²) in [5.74, 6) is 1.52. The number of hydrogen-bond acceptors (Lipinski definition) is 4. The van der Waals surface area contributed by atoms with Crippen LogP contribution in [0, 0.1) is 0 Å². The number of hydrogen-bond donors (Lipinski definition) is 1. The molecule has 1 amide bonds. The fourth-order valence-corrected chi connectivity index (χ4v) is 3.36. The van der Waals surface area contributed by atoms with E-state index in [2.05, 4.69) is 16.4 Å². The summed E-state index contributed by atoms with van der Waals surface area (Å²) in [4.78, 5) is 16.4. The molecule has 0 bridgehead atoms. The monoisotopic (exact) mass is 386 g/mol. The zero-order valence-electron chi connectivity index (χ0n) is 16.2. The van der Waals surface area contributed by atoms with E-state index in [-0.39, 0.29) is 12.0 Å². The van der Waals surface area contributed by atoms with Gasteiger partial charge in [-0.2, -0.15) is 0 Å². The van der Waals surface area contributed by atoms with E-state index in [1.165, 1.54) is 6.08 Å². The zero-order valence-corrected chi connectivity index (χ0v) is 16.2. The van der Waals surface area contributed by atoms with Crippen LogP contribution in [-0.2, 0) is 11.2 Å². The molecule has 0 radical (unpaired) electrons. The van der Waals surface area contributed by atoms with Crippen LogP contribution in [0.15, 0.2) is 73.1 Å². The van der Waals surface area contributed by atoms with Gasteiger partial charge in [-0.3, -0.25) is 9.78 Å².